The molecule has 108 valence electrons. The van der Waals surface area contributed by atoms with Crippen molar-refractivity contribution in [2.24, 2.45) is 0 Å². The van der Waals surface area contributed by atoms with E-state index in [2.05, 4.69) is 11.8 Å². The van der Waals surface area contributed by atoms with E-state index in [1.54, 1.807) is 13.2 Å². The van der Waals surface area contributed by atoms with Crippen LogP contribution in [0.4, 0.5) is 0 Å². The summed E-state index contributed by atoms with van der Waals surface area (Å²) in [6.45, 7) is 1.89. The van der Waals surface area contributed by atoms with Crippen molar-refractivity contribution in [3.8, 4) is 17.6 Å². The van der Waals surface area contributed by atoms with Crippen LogP contribution in [0.1, 0.15) is 16.7 Å². The maximum atomic E-state index is 11.4. The number of hydrogen-bond acceptors (Lipinski definition) is 3. The highest BCUT2D eigenvalue weighted by atomic mass is 16.5. The second-order valence-corrected chi connectivity index (χ2v) is 4.94. The minimum Gasteiger partial charge on any atom is -0.497 e. The smallest absolute Gasteiger partial charge is 0.336 e. The molecule has 0 saturated carbocycles. The third kappa shape index (κ3) is 2.87. The summed E-state index contributed by atoms with van der Waals surface area (Å²) in [5, 5.41) is 0.926. The van der Waals surface area contributed by atoms with Gasteiger partial charge in [0, 0.05) is 22.6 Å². The summed E-state index contributed by atoms with van der Waals surface area (Å²) in [5.74, 6) is 6.96. The summed E-state index contributed by atoms with van der Waals surface area (Å²) >= 11 is 0. The van der Waals surface area contributed by atoms with Gasteiger partial charge < -0.3 is 9.15 Å². The fourth-order valence-corrected chi connectivity index (χ4v) is 2.22. The van der Waals surface area contributed by atoms with Gasteiger partial charge in [0.2, 0.25) is 0 Å². The largest absolute Gasteiger partial charge is 0.497 e. The van der Waals surface area contributed by atoms with Gasteiger partial charge >= 0.3 is 5.63 Å². The highest BCUT2D eigenvalue weighted by Gasteiger charge is 2.02. The zero-order chi connectivity index (χ0) is 15.5. The fraction of sp³-hybridized carbons (Fsp3) is 0.105. The SMILES string of the molecule is COc1ccc(C#Cc2ccc3c(C)cc(=O)oc3c2)cc1. The first-order valence-electron chi connectivity index (χ1n) is 6.86. The van der Waals surface area contributed by atoms with Crippen LogP contribution in [0.15, 0.2) is 57.7 Å². The molecule has 0 bridgehead atoms. The predicted molar refractivity (Wildman–Crippen MR) is 86.2 cm³/mol. The van der Waals surface area contributed by atoms with Gasteiger partial charge in [0.25, 0.3) is 0 Å². The lowest BCUT2D eigenvalue weighted by Crippen LogP contribution is -1.97. The maximum Gasteiger partial charge on any atom is 0.336 e. The first kappa shape index (κ1) is 14.0. The zero-order valence-electron chi connectivity index (χ0n) is 12.3. The lowest BCUT2D eigenvalue weighted by atomic mass is 10.1. The van der Waals surface area contributed by atoms with Gasteiger partial charge in [-0.15, -0.1) is 0 Å². The normalized spacial score (nSPS) is 10.1. The van der Waals surface area contributed by atoms with Crippen LogP contribution in [0.3, 0.4) is 0 Å². The molecule has 3 aromatic rings. The van der Waals surface area contributed by atoms with Gasteiger partial charge in [-0.05, 0) is 55.0 Å². The second-order valence-electron chi connectivity index (χ2n) is 4.94. The molecule has 0 amide bonds. The minimum atomic E-state index is -0.342. The van der Waals surface area contributed by atoms with E-state index in [4.69, 9.17) is 9.15 Å². The summed E-state index contributed by atoms with van der Waals surface area (Å²) in [5.41, 5.74) is 2.82. The molecule has 1 aromatic heterocycles. The summed E-state index contributed by atoms with van der Waals surface area (Å²) < 4.78 is 10.3. The van der Waals surface area contributed by atoms with E-state index in [1.807, 2.05) is 43.3 Å². The average Bonchev–Trinajstić information content (AvgIpc) is 2.53. The second kappa shape index (κ2) is 5.79. The Morgan fingerprint density at radius 2 is 1.64 bits per heavy atom. The molecule has 0 radical (unpaired) electrons. The number of aryl methyl sites for hydroxylation is 1. The van der Waals surface area contributed by atoms with Crippen molar-refractivity contribution >= 4 is 11.0 Å². The molecule has 2 aromatic carbocycles. The summed E-state index contributed by atoms with van der Waals surface area (Å²) in [4.78, 5) is 11.4. The van der Waals surface area contributed by atoms with Gasteiger partial charge in [-0.1, -0.05) is 11.8 Å². The Labute approximate surface area is 128 Å². The molecule has 0 unspecified atom stereocenters. The Hall–Kier alpha value is -2.99. The average molecular weight is 290 g/mol. The number of ether oxygens (including phenoxy) is 1. The molecule has 3 nitrogen and oxygen atoms in total. The van der Waals surface area contributed by atoms with Crippen molar-refractivity contribution in [1.82, 2.24) is 0 Å². The van der Waals surface area contributed by atoms with E-state index in [1.165, 1.54) is 6.07 Å². The fourth-order valence-electron chi connectivity index (χ4n) is 2.22. The molecule has 0 aliphatic heterocycles. The first-order chi connectivity index (χ1) is 10.7. The van der Waals surface area contributed by atoms with Crippen molar-refractivity contribution < 1.29 is 9.15 Å². The molecule has 0 fully saturated rings. The van der Waals surface area contributed by atoms with E-state index in [0.29, 0.717) is 5.58 Å². The quantitative estimate of drug-likeness (QED) is 0.508. The number of hydrogen-bond donors (Lipinski definition) is 0. The van der Waals surface area contributed by atoms with E-state index in [-0.39, 0.29) is 5.63 Å². The summed E-state index contributed by atoms with van der Waals surface area (Å²) in [6.07, 6.45) is 0. The van der Waals surface area contributed by atoms with Crippen LogP contribution in [0.5, 0.6) is 5.75 Å². The highest BCUT2D eigenvalue weighted by Crippen LogP contribution is 2.17. The Morgan fingerprint density at radius 1 is 0.955 bits per heavy atom. The Balaban J connectivity index is 1.97. The minimum absolute atomic E-state index is 0.342. The Bertz CT molecular complexity index is 938. The third-order valence-corrected chi connectivity index (χ3v) is 3.39. The van der Waals surface area contributed by atoms with Crippen LogP contribution in [0, 0.1) is 18.8 Å². The van der Waals surface area contributed by atoms with E-state index >= 15 is 0 Å². The van der Waals surface area contributed by atoms with Crippen LogP contribution in [0.2, 0.25) is 0 Å². The van der Waals surface area contributed by atoms with E-state index in [0.717, 1.165) is 27.8 Å². The van der Waals surface area contributed by atoms with Gasteiger partial charge in [0.05, 0.1) is 7.11 Å². The first-order valence-corrected chi connectivity index (χ1v) is 6.86. The van der Waals surface area contributed by atoms with Gasteiger partial charge in [-0.2, -0.15) is 0 Å². The van der Waals surface area contributed by atoms with Crippen LogP contribution in [-0.2, 0) is 0 Å². The van der Waals surface area contributed by atoms with Gasteiger partial charge in [0.15, 0.2) is 0 Å². The topological polar surface area (TPSA) is 39.4 Å². The van der Waals surface area contributed by atoms with Gasteiger partial charge in [-0.25, -0.2) is 4.79 Å². The van der Waals surface area contributed by atoms with Crippen molar-refractivity contribution in [3.63, 3.8) is 0 Å². The molecule has 0 saturated heterocycles. The molecular formula is C19H14O3. The number of methoxy groups -OCH3 is 1. The molecule has 0 N–H and O–H groups in total. The van der Waals surface area contributed by atoms with E-state index < -0.39 is 0 Å². The molecular weight excluding hydrogens is 276 g/mol. The summed E-state index contributed by atoms with van der Waals surface area (Å²) in [7, 11) is 1.63. The molecule has 3 heteroatoms. The van der Waals surface area contributed by atoms with E-state index in [9.17, 15) is 4.79 Å². The van der Waals surface area contributed by atoms with Crippen molar-refractivity contribution in [2.75, 3.05) is 7.11 Å². The zero-order valence-corrected chi connectivity index (χ0v) is 12.3. The lowest BCUT2D eigenvalue weighted by molar-refractivity contribution is 0.415. The molecule has 0 atom stereocenters. The third-order valence-electron chi connectivity index (χ3n) is 3.39. The molecule has 3 rings (SSSR count). The predicted octanol–water partition coefficient (Wildman–Crippen LogP) is 3.51. The monoisotopic (exact) mass is 290 g/mol. The van der Waals surface area contributed by atoms with Crippen LogP contribution in [0.25, 0.3) is 11.0 Å². The van der Waals surface area contributed by atoms with Crippen LogP contribution >= 0.6 is 0 Å². The van der Waals surface area contributed by atoms with Crippen LogP contribution in [-0.4, -0.2) is 7.11 Å². The van der Waals surface area contributed by atoms with Crippen molar-refractivity contribution in [1.29, 1.82) is 0 Å². The molecule has 0 spiro atoms. The maximum absolute atomic E-state index is 11.4. The highest BCUT2D eigenvalue weighted by molar-refractivity contribution is 5.81. The molecule has 22 heavy (non-hydrogen) atoms. The molecule has 0 aliphatic carbocycles. The Kier molecular flexibility index (Phi) is 3.67. The molecule has 0 aliphatic rings. The van der Waals surface area contributed by atoms with Crippen molar-refractivity contribution in [3.05, 3.63) is 75.6 Å². The van der Waals surface area contributed by atoms with Gasteiger partial charge in [0.1, 0.15) is 11.3 Å². The molecule has 1 heterocycles. The number of fused-ring (bicyclic) bond motifs is 1. The lowest BCUT2D eigenvalue weighted by Gasteiger charge is -2.00. The van der Waals surface area contributed by atoms with Crippen molar-refractivity contribution in [2.45, 2.75) is 6.92 Å². The number of benzene rings is 2. The van der Waals surface area contributed by atoms with Gasteiger partial charge in [-0.3, -0.25) is 0 Å². The Morgan fingerprint density at radius 3 is 2.36 bits per heavy atom. The van der Waals surface area contributed by atoms with Crippen LogP contribution < -0.4 is 10.4 Å². The number of rotatable bonds is 1. The standard InChI is InChI=1S/C19H14O3/c1-13-11-19(20)22-18-12-15(7-10-17(13)18)4-3-14-5-8-16(21-2)9-6-14/h5-12H,1-2H3. The summed E-state index contributed by atoms with van der Waals surface area (Å²) in [6, 6.07) is 14.7.